The molecule has 1 aromatic carbocycles. The summed E-state index contributed by atoms with van der Waals surface area (Å²) in [6, 6.07) is 3.37. The molecule has 0 radical (unpaired) electrons. The van der Waals surface area contributed by atoms with E-state index in [0.717, 1.165) is 6.07 Å². The molecule has 0 saturated carbocycles. The van der Waals surface area contributed by atoms with Gasteiger partial charge in [-0.3, -0.25) is 10.1 Å². The van der Waals surface area contributed by atoms with Gasteiger partial charge in [0.2, 0.25) is 0 Å². The van der Waals surface area contributed by atoms with E-state index in [1.165, 1.54) is 19.2 Å². The van der Waals surface area contributed by atoms with Gasteiger partial charge in [0, 0.05) is 26.3 Å². The molecule has 1 aromatic rings. The fourth-order valence-corrected chi connectivity index (χ4v) is 1.48. The van der Waals surface area contributed by atoms with Crippen molar-refractivity contribution in [2.75, 3.05) is 20.3 Å². The lowest BCUT2D eigenvalue weighted by atomic mass is 10.2. The molecule has 7 heteroatoms. The SMILES string of the molecule is COCC(O)CNCc1cc(F)cc([N+](=O)[O-])c1. The van der Waals surface area contributed by atoms with E-state index in [-0.39, 0.29) is 25.4 Å². The third-order valence-electron chi connectivity index (χ3n) is 2.22. The van der Waals surface area contributed by atoms with Crippen LogP contribution in [0.25, 0.3) is 0 Å². The smallest absolute Gasteiger partial charge is 0.272 e. The van der Waals surface area contributed by atoms with Gasteiger partial charge >= 0.3 is 0 Å². The van der Waals surface area contributed by atoms with E-state index >= 15 is 0 Å². The van der Waals surface area contributed by atoms with E-state index in [2.05, 4.69) is 5.32 Å². The van der Waals surface area contributed by atoms with Crippen LogP contribution in [0.1, 0.15) is 5.56 Å². The van der Waals surface area contributed by atoms with E-state index in [1.54, 1.807) is 0 Å². The van der Waals surface area contributed by atoms with Crippen LogP contribution < -0.4 is 5.32 Å². The van der Waals surface area contributed by atoms with Crippen LogP contribution in [0.3, 0.4) is 0 Å². The van der Waals surface area contributed by atoms with Crippen LogP contribution in [0.2, 0.25) is 0 Å². The highest BCUT2D eigenvalue weighted by Crippen LogP contribution is 2.16. The number of aliphatic hydroxyl groups is 1. The van der Waals surface area contributed by atoms with Crippen LogP contribution in [-0.4, -0.2) is 36.4 Å². The van der Waals surface area contributed by atoms with E-state index in [4.69, 9.17) is 4.74 Å². The number of rotatable bonds is 7. The molecule has 2 N–H and O–H groups in total. The van der Waals surface area contributed by atoms with E-state index in [9.17, 15) is 19.6 Å². The molecule has 0 aliphatic heterocycles. The Labute approximate surface area is 104 Å². The summed E-state index contributed by atoms with van der Waals surface area (Å²) >= 11 is 0. The monoisotopic (exact) mass is 258 g/mol. The molecular formula is C11H15FN2O4. The molecule has 0 heterocycles. The first kappa shape index (κ1) is 14.5. The van der Waals surface area contributed by atoms with Gasteiger partial charge < -0.3 is 15.2 Å². The lowest BCUT2D eigenvalue weighted by molar-refractivity contribution is -0.385. The quantitative estimate of drug-likeness (QED) is 0.559. The van der Waals surface area contributed by atoms with Crippen molar-refractivity contribution in [1.82, 2.24) is 5.32 Å². The minimum atomic E-state index is -0.668. The Hall–Kier alpha value is -1.57. The molecule has 100 valence electrons. The van der Waals surface area contributed by atoms with Crippen molar-refractivity contribution in [2.24, 2.45) is 0 Å². The third-order valence-corrected chi connectivity index (χ3v) is 2.22. The first-order valence-electron chi connectivity index (χ1n) is 5.34. The Morgan fingerprint density at radius 2 is 2.28 bits per heavy atom. The number of nitrogens with one attached hydrogen (secondary N) is 1. The molecule has 0 aliphatic carbocycles. The second-order valence-corrected chi connectivity index (χ2v) is 3.81. The second-order valence-electron chi connectivity index (χ2n) is 3.81. The Balaban J connectivity index is 2.54. The molecular weight excluding hydrogens is 243 g/mol. The van der Waals surface area contributed by atoms with Gasteiger partial charge in [-0.1, -0.05) is 0 Å². The predicted octanol–water partition coefficient (Wildman–Crippen LogP) is 0.831. The van der Waals surface area contributed by atoms with Crippen LogP contribution in [0, 0.1) is 15.9 Å². The summed E-state index contributed by atoms with van der Waals surface area (Å²) in [7, 11) is 1.47. The molecule has 1 unspecified atom stereocenters. The number of nitro groups is 1. The highest BCUT2D eigenvalue weighted by molar-refractivity contribution is 5.35. The van der Waals surface area contributed by atoms with Gasteiger partial charge in [0.25, 0.3) is 5.69 Å². The Morgan fingerprint density at radius 3 is 2.89 bits per heavy atom. The van der Waals surface area contributed by atoms with Gasteiger partial charge in [0.15, 0.2) is 0 Å². The van der Waals surface area contributed by atoms with E-state index < -0.39 is 16.8 Å². The largest absolute Gasteiger partial charge is 0.389 e. The molecule has 0 aromatic heterocycles. The minimum Gasteiger partial charge on any atom is -0.389 e. The van der Waals surface area contributed by atoms with E-state index in [0.29, 0.717) is 5.56 Å². The summed E-state index contributed by atoms with van der Waals surface area (Å²) in [5, 5.41) is 22.7. The zero-order valence-corrected chi connectivity index (χ0v) is 9.93. The fraction of sp³-hybridized carbons (Fsp3) is 0.455. The Morgan fingerprint density at radius 1 is 1.56 bits per heavy atom. The van der Waals surface area contributed by atoms with Gasteiger partial charge in [-0.15, -0.1) is 0 Å². The van der Waals surface area contributed by atoms with Gasteiger partial charge in [-0.05, 0) is 11.6 Å². The van der Waals surface area contributed by atoms with Crippen molar-refractivity contribution in [3.63, 3.8) is 0 Å². The number of halogens is 1. The highest BCUT2D eigenvalue weighted by Gasteiger charge is 2.10. The van der Waals surface area contributed by atoms with Gasteiger partial charge in [-0.2, -0.15) is 0 Å². The van der Waals surface area contributed by atoms with Crippen LogP contribution in [0.15, 0.2) is 18.2 Å². The molecule has 0 amide bonds. The van der Waals surface area contributed by atoms with Crippen molar-refractivity contribution >= 4 is 5.69 Å². The summed E-state index contributed by atoms with van der Waals surface area (Å²) in [5.74, 6) is -0.654. The maximum atomic E-state index is 13.1. The molecule has 1 rings (SSSR count). The molecule has 6 nitrogen and oxygen atoms in total. The molecule has 0 spiro atoms. The first-order valence-corrected chi connectivity index (χ1v) is 5.34. The second kappa shape index (κ2) is 7.00. The van der Waals surface area contributed by atoms with Gasteiger partial charge in [-0.25, -0.2) is 4.39 Å². The summed E-state index contributed by atoms with van der Waals surface area (Å²) in [5.41, 5.74) is 0.163. The average molecular weight is 258 g/mol. The fourth-order valence-electron chi connectivity index (χ4n) is 1.48. The predicted molar refractivity (Wildman–Crippen MR) is 62.6 cm³/mol. The van der Waals surface area contributed by atoms with Crippen molar-refractivity contribution < 1.29 is 19.2 Å². The summed E-state index contributed by atoms with van der Waals surface area (Å²) in [6.07, 6.45) is -0.668. The number of ether oxygens (including phenoxy) is 1. The number of methoxy groups -OCH3 is 1. The number of nitrogens with zero attached hydrogens (tertiary/aromatic N) is 1. The number of hydrogen-bond acceptors (Lipinski definition) is 5. The zero-order chi connectivity index (χ0) is 13.5. The van der Waals surface area contributed by atoms with Crippen molar-refractivity contribution in [3.05, 3.63) is 39.7 Å². The summed E-state index contributed by atoms with van der Waals surface area (Å²) in [6.45, 7) is 0.688. The van der Waals surface area contributed by atoms with Gasteiger partial charge in [0.1, 0.15) is 5.82 Å². The third kappa shape index (κ3) is 4.74. The molecule has 1 atom stereocenters. The maximum Gasteiger partial charge on any atom is 0.272 e. The Kier molecular flexibility index (Phi) is 5.63. The number of non-ortho nitro benzene ring substituents is 1. The molecule has 0 aliphatic rings. The lowest BCUT2D eigenvalue weighted by Gasteiger charge is -2.10. The topological polar surface area (TPSA) is 84.6 Å². The first-order chi connectivity index (χ1) is 8.52. The maximum absolute atomic E-state index is 13.1. The normalized spacial score (nSPS) is 12.4. The van der Waals surface area contributed by atoms with Crippen molar-refractivity contribution in [1.29, 1.82) is 0 Å². The van der Waals surface area contributed by atoms with Gasteiger partial charge in [0.05, 0.1) is 23.7 Å². The van der Waals surface area contributed by atoms with Crippen LogP contribution in [0.4, 0.5) is 10.1 Å². The van der Waals surface area contributed by atoms with Crippen molar-refractivity contribution in [2.45, 2.75) is 12.6 Å². The number of hydrogen-bond donors (Lipinski definition) is 2. The standard InChI is InChI=1S/C11H15FN2O4/c1-18-7-11(15)6-13-5-8-2-9(12)4-10(3-8)14(16)17/h2-4,11,13,15H,5-7H2,1H3. The van der Waals surface area contributed by atoms with Crippen LogP contribution in [-0.2, 0) is 11.3 Å². The van der Waals surface area contributed by atoms with Crippen LogP contribution in [0.5, 0.6) is 0 Å². The molecule has 0 saturated heterocycles. The Bertz CT molecular complexity index is 414. The number of benzene rings is 1. The number of aliphatic hydroxyl groups excluding tert-OH is 1. The zero-order valence-electron chi connectivity index (χ0n) is 9.93. The minimum absolute atomic E-state index is 0.191. The molecule has 0 fully saturated rings. The molecule has 18 heavy (non-hydrogen) atoms. The average Bonchev–Trinajstić information content (AvgIpc) is 2.28. The van der Waals surface area contributed by atoms with E-state index in [1.807, 2.05) is 0 Å². The summed E-state index contributed by atoms with van der Waals surface area (Å²) in [4.78, 5) is 9.89. The number of nitro benzene ring substituents is 1. The van der Waals surface area contributed by atoms with Crippen LogP contribution >= 0.6 is 0 Å². The van der Waals surface area contributed by atoms with Crippen molar-refractivity contribution in [3.8, 4) is 0 Å². The highest BCUT2D eigenvalue weighted by atomic mass is 19.1. The lowest BCUT2D eigenvalue weighted by Crippen LogP contribution is -2.29. The molecule has 0 bridgehead atoms. The summed E-state index contributed by atoms with van der Waals surface area (Å²) < 4.78 is 17.8.